The Bertz CT molecular complexity index is 1350. The quantitative estimate of drug-likeness (QED) is 0.344. The van der Waals surface area contributed by atoms with E-state index in [2.05, 4.69) is 11.9 Å². The molecule has 1 saturated heterocycles. The first-order chi connectivity index (χ1) is 15.5. The van der Waals surface area contributed by atoms with E-state index in [9.17, 15) is 9.59 Å². The number of H-pyrrole nitrogens is 1. The van der Waals surface area contributed by atoms with Gasteiger partial charge in [-0.05, 0) is 49.1 Å². The summed E-state index contributed by atoms with van der Waals surface area (Å²) in [5.41, 5.74) is 2.39. The Morgan fingerprint density at radius 3 is 2.62 bits per heavy atom. The lowest BCUT2D eigenvalue weighted by Gasteiger charge is -2.30. The van der Waals surface area contributed by atoms with Crippen molar-refractivity contribution in [3.8, 4) is 5.69 Å². The molecule has 0 radical (unpaired) electrons. The van der Waals surface area contributed by atoms with E-state index in [1.807, 2.05) is 29.2 Å². The first-order valence-corrected chi connectivity index (χ1v) is 12.1. The number of carbonyl (C=O) groups excluding carboxylic acids is 1. The molecule has 4 aromatic rings. The van der Waals surface area contributed by atoms with E-state index in [0.29, 0.717) is 32.8 Å². The summed E-state index contributed by atoms with van der Waals surface area (Å²) in [6.45, 7) is 3.81. The number of rotatable bonds is 4. The number of thioether (sulfide) groups is 1. The maximum atomic E-state index is 13.5. The van der Waals surface area contributed by atoms with Crippen LogP contribution in [0.2, 0.25) is 5.02 Å². The number of para-hydroxylation sites is 1. The van der Waals surface area contributed by atoms with Gasteiger partial charge in [0.1, 0.15) is 11.0 Å². The largest absolute Gasteiger partial charge is 0.349 e. The number of hydrogen-bond acceptors (Lipinski definition) is 4. The summed E-state index contributed by atoms with van der Waals surface area (Å²) >= 11 is 7.36. The van der Waals surface area contributed by atoms with E-state index >= 15 is 0 Å². The summed E-state index contributed by atoms with van der Waals surface area (Å²) in [4.78, 5) is 36.4. The van der Waals surface area contributed by atoms with Crippen molar-refractivity contribution in [2.24, 2.45) is 5.92 Å². The van der Waals surface area contributed by atoms with Crippen molar-refractivity contribution in [1.29, 1.82) is 0 Å². The van der Waals surface area contributed by atoms with Crippen molar-refractivity contribution in [3.63, 3.8) is 0 Å². The number of amides is 1. The summed E-state index contributed by atoms with van der Waals surface area (Å²) in [6.07, 6.45) is 2.07. The van der Waals surface area contributed by atoms with E-state index in [0.717, 1.165) is 36.8 Å². The van der Waals surface area contributed by atoms with Gasteiger partial charge in [-0.3, -0.25) is 14.2 Å². The normalized spacial score (nSPS) is 15.0. The highest BCUT2D eigenvalue weighted by Crippen LogP contribution is 2.27. The van der Waals surface area contributed by atoms with E-state index in [1.54, 1.807) is 28.8 Å². The van der Waals surface area contributed by atoms with Crippen LogP contribution in [0.4, 0.5) is 0 Å². The van der Waals surface area contributed by atoms with Crippen molar-refractivity contribution in [1.82, 2.24) is 19.4 Å². The standard InChI is InChI=1S/C24H23ClN4O2S/c1-15-10-12-28(13-11-15)20(30)14-32-24-27-21-18-4-2-3-5-19(18)26-22(21)23(31)29(24)17-8-6-16(25)7-9-17/h2-9,15,26H,10-14H2,1H3. The minimum absolute atomic E-state index is 0.0813. The number of nitrogens with one attached hydrogen (secondary N) is 1. The van der Waals surface area contributed by atoms with Crippen LogP contribution in [0, 0.1) is 5.92 Å². The molecule has 0 spiro atoms. The van der Waals surface area contributed by atoms with Gasteiger partial charge in [0.15, 0.2) is 5.16 Å². The van der Waals surface area contributed by atoms with Crippen LogP contribution in [0.25, 0.3) is 27.6 Å². The van der Waals surface area contributed by atoms with Crippen molar-refractivity contribution in [3.05, 3.63) is 63.9 Å². The van der Waals surface area contributed by atoms with E-state index in [1.165, 1.54) is 11.8 Å². The van der Waals surface area contributed by atoms with E-state index in [-0.39, 0.29) is 17.2 Å². The molecule has 5 rings (SSSR count). The maximum Gasteiger partial charge on any atom is 0.283 e. The van der Waals surface area contributed by atoms with Crippen molar-refractivity contribution in [2.75, 3.05) is 18.8 Å². The van der Waals surface area contributed by atoms with Gasteiger partial charge in [-0.15, -0.1) is 0 Å². The Kier molecular flexibility index (Phi) is 5.69. The van der Waals surface area contributed by atoms with Crippen molar-refractivity contribution in [2.45, 2.75) is 24.9 Å². The fourth-order valence-electron chi connectivity index (χ4n) is 4.13. The molecular weight excluding hydrogens is 444 g/mol. The highest BCUT2D eigenvalue weighted by atomic mass is 35.5. The highest BCUT2D eigenvalue weighted by molar-refractivity contribution is 7.99. The zero-order chi connectivity index (χ0) is 22.2. The smallest absolute Gasteiger partial charge is 0.283 e. The number of likely N-dealkylation sites (tertiary alicyclic amines) is 1. The molecule has 1 aliphatic rings. The average molecular weight is 467 g/mol. The van der Waals surface area contributed by atoms with Crippen LogP contribution in [0.5, 0.6) is 0 Å². The number of carbonyl (C=O) groups is 1. The van der Waals surface area contributed by atoms with Crippen molar-refractivity contribution < 1.29 is 4.79 Å². The van der Waals surface area contributed by atoms with Gasteiger partial charge < -0.3 is 9.88 Å². The molecule has 1 aliphatic heterocycles. The van der Waals surface area contributed by atoms with E-state index in [4.69, 9.17) is 16.6 Å². The summed E-state index contributed by atoms with van der Waals surface area (Å²) in [5, 5.41) is 1.97. The molecule has 2 aromatic carbocycles. The molecular formula is C24H23ClN4O2S. The third-order valence-electron chi connectivity index (χ3n) is 6.04. The Morgan fingerprint density at radius 2 is 1.88 bits per heavy atom. The zero-order valence-electron chi connectivity index (χ0n) is 17.7. The highest BCUT2D eigenvalue weighted by Gasteiger charge is 2.22. The molecule has 3 heterocycles. The number of aromatic amines is 1. The summed E-state index contributed by atoms with van der Waals surface area (Å²) in [6, 6.07) is 14.8. The number of nitrogens with zero attached hydrogens (tertiary/aromatic N) is 3. The van der Waals surface area contributed by atoms with Gasteiger partial charge >= 0.3 is 0 Å². The first-order valence-electron chi connectivity index (χ1n) is 10.7. The molecule has 32 heavy (non-hydrogen) atoms. The topological polar surface area (TPSA) is 71.0 Å². The van der Waals surface area contributed by atoms with Crippen LogP contribution in [-0.2, 0) is 4.79 Å². The molecule has 1 amide bonds. The molecule has 8 heteroatoms. The monoisotopic (exact) mass is 466 g/mol. The number of hydrogen-bond donors (Lipinski definition) is 1. The lowest BCUT2D eigenvalue weighted by atomic mass is 9.99. The van der Waals surface area contributed by atoms with Crippen LogP contribution in [0.15, 0.2) is 58.5 Å². The van der Waals surface area contributed by atoms with Crippen molar-refractivity contribution >= 4 is 51.2 Å². The fraction of sp³-hybridized carbons (Fsp3) is 0.292. The molecule has 2 aromatic heterocycles. The minimum Gasteiger partial charge on any atom is -0.349 e. The molecule has 0 saturated carbocycles. The van der Waals surface area contributed by atoms with Gasteiger partial charge in [0.25, 0.3) is 5.56 Å². The Hall–Kier alpha value is -2.77. The second-order valence-corrected chi connectivity index (χ2v) is 9.64. The lowest BCUT2D eigenvalue weighted by molar-refractivity contribution is -0.129. The lowest BCUT2D eigenvalue weighted by Crippen LogP contribution is -2.39. The number of aromatic nitrogens is 3. The number of fused-ring (bicyclic) bond motifs is 3. The average Bonchev–Trinajstić information content (AvgIpc) is 3.18. The maximum absolute atomic E-state index is 13.5. The third-order valence-corrected chi connectivity index (χ3v) is 7.22. The van der Waals surface area contributed by atoms with E-state index < -0.39 is 0 Å². The van der Waals surface area contributed by atoms with Gasteiger partial charge in [0, 0.05) is 29.0 Å². The van der Waals surface area contributed by atoms with Crippen LogP contribution in [-0.4, -0.2) is 44.2 Å². The number of piperidine rings is 1. The molecule has 0 atom stereocenters. The zero-order valence-corrected chi connectivity index (χ0v) is 19.2. The molecule has 0 unspecified atom stereocenters. The molecule has 6 nitrogen and oxygen atoms in total. The van der Waals surface area contributed by atoms with Crippen LogP contribution in [0.1, 0.15) is 19.8 Å². The van der Waals surface area contributed by atoms with Gasteiger partial charge in [-0.1, -0.05) is 48.5 Å². The van der Waals surface area contributed by atoms with Crippen LogP contribution >= 0.6 is 23.4 Å². The molecule has 1 N–H and O–H groups in total. The van der Waals surface area contributed by atoms with Crippen LogP contribution in [0.3, 0.4) is 0 Å². The van der Waals surface area contributed by atoms with Gasteiger partial charge in [0.05, 0.1) is 11.4 Å². The number of benzene rings is 2. The molecule has 1 fully saturated rings. The van der Waals surface area contributed by atoms with Gasteiger partial charge in [0.2, 0.25) is 5.91 Å². The molecule has 0 aliphatic carbocycles. The van der Waals surface area contributed by atoms with Crippen LogP contribution < -0.4 is 5.56 Å². The first kappa shape index (κ1) is 21.1. The minimum atomic E-state index is -0.199. The third kappa shape index (κ3) is 3.91. The molecule has 0 bridgehead atoms. The second kappa shape index (κ2) is 8.64. The summed E-state index contributed by atoms with van der Waals surface area (Å²) in [5.74, 6) is 0.980. The predicted octanol–water partition coefficient (Wildman–Crippen LogP) is 4.87. The Balaban J connectivity index is 1.56. The number of halogens is 1. The molecule has 164 valence electrons. The fourth-order valence-corrected chi connectivity index (χ4v) is 5.17. The summed E-state index contributed by atoms with van der Waals surface area (Å²) < 4.78 is 1.56. The van der Waals surface area contributed by atoms with Gasteiger partial charge in [-0.2, -0.15) is 0 Å². The SMILES string of the molecule is CC1CCN(C(=O)CSc2nc3c([nH]c4ccccc43)c(=O)n2-c2ccc(Cl)cc2)CC1. The Labute approximate surface area is 194 Å². The second-order valence-electron chi connectivity index (χ2n) is 8.26. The predicted molar refractivity (Wildman–Crippen MR) is 130 cm³/mol. The summed E-state index contributed by atoms with van der Waals surface area (Å²) in [7, 11) is 0. The van der Waals surface area contributed by atoms with Gasteiger partial charge in [-0.25, -0.2) is 4.98 Å². The Morgan fingerprint density at radius 1 is 1.16 bits per heavy atom.